The van der Waals surface area contributed by atoms with Crippen LogP contribution in [0.1, 0.15) is 30.1 Å². The molecule has 0 spiro atoms. The lowest BCUT2D eigenvalue weighted by atomic mass is 9.92. The molecule has 0 radical (unpaired) electrons. The molecule has 0 aliphatic carbocycles. The fourth-order valence-electron chi connectivity index (χ4n) is 3.01. The summed E-state index contributed by atoms with van der Waals surface area (Å²) in [5.41, 5.74) is 6.63. The van der Waals surface area contributed by atoms with Gasteiger partial charge in [-0.25, -0.2) is 0 Å². The molecule has 0 bridgehead atoms. The molecule has 2 atom stereocenters. The number of benzene rings is 1. The second-order valence-corrected chi connectivity index (χ2v) is 6.64. The third kappa shape index (κ3) is 2.45. The molecule has 2 N–H and O–H groups in total. The number of piperidine rings is 1. The maximum atomic E-state index is 12.7. The van der Waals surface area contributed by atoms with Gasteiger partial charge in [0.25, 0.3) is 5.91 Å². The largest absolute Gasteiger partial charge is 0.334 e. The van der Waals surface area contributed by atoms with Crippen LogP contribution in [0.4, 0.5) is 0 Å². The molecule has 2 heterocycles. The maximum absolute atomic E-state index is 12.7. The van der Waals surface area contributed by atoms with E-state index in [1.165, 1.54) is 4.70 Å². The summed E-state index contributed by atoms with van der Waals surface area (Å²) in [5.74, 6) is 0.785. The molecule has 3 nitrogen and oxygen atoms in total. The number of nitrogens with two attached hydrogens (primary N) is 1. The molecule has 1 aromatic heterocycles. The number of fused-ring (bicyclic) bond motifs is 1. The van der Waals surface area contributed by atoms with Gasteiger partial charge in [0.05, 0.1) is 0 Å². The molecule has 2 aromatic rings. The SMILES string of the molecule is CC1CCN(C(=O)c2ccc3sccc3c2)C(CN)C1. The Morgan fingerprint density at radius 3 is 3.10 bits per heavy atom. The van der Waals surface area contributed by atoms with E-state index in [-0.39, 0.29) is 11.9 Å². The van der Waals surface area contributed by atoms with Crippen molar-refractivity contribution in [1.29, 1.82) is 0 Å². The van der Waals surface area contributed by atoms with Crippen LogP contribution in [0.3, 0.4) is 0 Å². The van der Waals surface area contributed by atoms with Crippen molar-refractivity contribution in [2.75, 3.05) is 13.1 Å². The lowest BCUT2D eigenvalue weighted by Gasteiger charge is -2.38. The molecule has 1 aliphatic rings. The van der Waals surface area contributed by atoms with Gasteiger partial charge in [0.1, 0.15) is 0 Å². The summed E-state index contributed by atoms with van der Waals surface area (Å²) in [7, 11) is 0. The summed E-state index contributed by atoms with van der Waals surface area (Å²) in [6, 6.07) is 8.23. The van der Waals surface area contributed by atoms with Crippen molar-refractivity contribution >= 4 is 27.3 Å². The van der Waals surface area contributed by atoms with Gasteiger partial charge in [-0.2, -0.15) is 0 Å². The summed E-state index contributed by atoms with van der Waals surface area (Å²) in [6.07, 6.45) is 2.09. The Morgan fingerprint density at radius 2 is 2.30 bits per heavy atom. The molecule has 1 saturated heterocycles. The number of carbonyl (C=O) groups is 1. The van der Waals surface area contributed by atoms with Crippen LogP contribution in [-0.4, -0.2) is 29.9 Å². The van der Waals surface area contributed by atoms with Crippen LogP contribution in [-0.2, 0) is 0 Å². The van der Waals surface area contributed by atoms with Gasteiger partial charge in [-0.05, 0) is 53.8 Å². The fourth-order valence-corrected chi connectivity index (χ4v) is 3.78. The van der Waals surface area contributed by atoms with Crippen LogP contribution in [0.25, 0.3) is 10.1 Å². The van der Waals surface area contributed by atoms with E-state index in [0.29, 0.717) is 12.5 Å². The van der Waals surface area contributed by atoms with Crippen LogP contribution in [0.5, 0.6) is 0 Å². The molecule has 1 fully saturated rings. The van der Waals surface area contributed by atoms with Gasteiger partial charge in [-0.3, -0.25) is 4.79 Å². The van der Waals surface area contributed by atoms with Gasteiger partial charge in [0.2, 0.25) is 0 Å². The van der Waals surface area contributed by atoms with Crippen LogP contribution < -0.4 is 5.73 Å². The third-order valence-corrected chi connectivity index (χ3v) is 5.11. The number of nitrogens with zero attached hydrogens (tertiary/aromatic N) is 1. The van der Waals surface area contributed by atoms with Crippen LogP contribution in [0.2, 0.25) is 0 Å². The first-order chi connectivity index (χ1) is 9.69. The highest BCUT2D eigenvalue weighted by Gasteiger charge is 2.29. The quantitative estimate of drug-likeness (QED) is 0.923. The summed E-state index contributed by atoms with van der Waals surface area (Å²) in [5, 5.41) is 3.21. The topological polar surface area (TPSA) is 46.3 Å². The average Bonchev–Trinajstić information content (AvgIpc) is 2.93. The molecule has 1 amide bonds. The minimum atomic E-state index is 0.125. The Hall–Kier alpha value is -1.39. The Bertz CT molecular complexity index is 622. The number of amides is 1. The maximum Gasteiger partial charge on any atom is 0.254 e. The van der Waals surface area contributed by atoms with E-state index in [0.717, 1.165) is 30.3 Å². The number of hydrogen-bond donors (Lipinski definition) is 1. The Kier molecular flexibility index (Phi) is 3.76. The van der Waals surface area contributed by atoms with Gasteiger partial charge in [-0.1, -0.05) is 6.92 Å². The van der Waals surface area contributed by atoms with Crippen LogP contribution >= 0.6 is 11.3 Å². The third-order valence-electron chi connectivity index (χ3n) is 4.21. The van der Waals surface area contributed by atoms with E-state index in [1.54, 1.807) is 11.3 Å². The molecule has 1 aliphatic heterocycles. The predicted octanol–water partition coefficient (Wildman–Crippen LogP) is 3.10. The highest BCUT2D eigenvalue weighted by atomic mass is 32.1. The number of hydrogen-bond acceptors (Lipinski definition) is 3. The van der Waals surface area contributed by atoms with Crippen molar-refractivity contribution in [1.82, 2.24) is 4.90 Å². The highest BCUT2D eigenvalue weighted by Crippen LogP contribution is 2.26. The average molecular weight is 288 g/mol. The van der Waals surface area contributed by atoms with Crippen molar-refractivity contribution in [3.63, 3.8) is 0 Å². The predicted molar refractivity (Wildman–Crippen MR) is 84.1 cm³/mol. The van der Waals surface area contributed by atoms with Crippen molar-refractivity contribution in [3.8, 4) is 0 Å². The summed E-state index contributed by atoms with van der Waals surface area (Å²) in [6.45, 7) is 3.61. The van der Waals surface area contributed by atoms with Crippen molar-refractivity contribution in [2.45, 2.75) is 25.8 Å². The second-order valence-electron chi connectivity index (χ2n) is 5.69. The zero-order valence-electron chi connectivity index (χ0n) is 11.7. The Balaban J connectivity index is 1.86. The van der Waals surface area contributed by atoms with Crippen LogP contribution in [0.15, 0.2) is 29.6 Å². The molecule has 20 heavy (non-hydrogen) atoms. The summed E-state index contributed by atoms with van der Waals surface area (Å²) in [4.78, 5) is 14.7. The number of carbonyl (C=O) groups excluding carboxylic acids is 1. The van der Waals surface area contributed by atoms with E-state index in [4.69, 9.17) is 5.73 Å². The molecule has 4 heteroatoms. The summed E-state index contributed by atoms with van der Waals surface area (Å²) >= 11 is 1.70. The molecule has 2 unspecified atom stereocenters. The molecule has 0 saturated carbocycles. The second kappa shape index (κ2) is 5.54. The number of thiophene rings is 1. The fraction of sp³-hybridized carbons (Fsp3) is 0.438. The lowest BCUT2D eigenvalue weighted by molar-refractivity contribution is 0.0574. The zero-order valence-corrected chi connectivity index (χ0v) is 12.5. The smallest absolute Gasteiger partial charge is 0.254 e. The standard InChI is InChI=1S/C16H20N2OS/c1-11-4-6-18(14(8-11)10-17)16(19)13-2-3-15-12(9-13)5-7-20-15/h2-3,5,7,9,11,14H,4,6,8,10,17H2,1H3. The first-order valence-corrected chi connectivity index (χ1v) is 8.05. The van der Waals surface area contributed by atoms with Gasteiger partial charge in [0, 0.05) is 29.4 Å². The van der Waals surface area contributed by atoms with Crippen LogP contribution in [0, 0.1) is 5.92 Å². The van der Waals surface area contributed by atoms with E-state index in [2.05, 4.69) is 18.4 Å². The monoisotopic (exact) mass is 288 g/mol. The zero-order chi connectivity index (χ0) is 14.1. The molecule has 3 rings (SSSR count). The van der Waals surface area contributed by atoms with Crippen molar-refractivity contribution < 1.29 is 4.79 Å². The number of rotatable bonds is 2. The lowest BCUT2D eigenvalue weighted by Crippen LogP contribution is -2.49. The minimum Gasteiger partial charge on any atom is -0.334 e. The molecule has 106 valence electrons. The van der Waals surface area contributed by atoms with Crippen molar-refractivity contribution in [3.05, 3.63) is 35.2 Å². The molecule has 1 aromatic carbocycles. The first-order valence-electron chi connectivity index (χ1n) is 7.17. The first kappa shape index (κ1) is 13.6. The molecular formula is C16H20N2OS. The van der Waals surface area contributed by atoms with Gasteiger partial charge in [-0.15, -0.1) is 11.3 Å². The number of likely N-dealkylation sites (tertiary alicyclic amines) is 1. The van der Waals surface area contributed by atoms with Gasteiger partial charge < -0.3 is 10.6 Å². The van der Waals surface area contributed by atoms with E-state index >= 15 is 0 Å². The Labute approximate surface area is 123 Å². The highest BCUT2D eigenvalue weighted by molar-refractivity contribution is 7.17. The van der Waals surface area contributed by atoms with Gasteiger partial charge in [0.15, 0.2) is 0 Å². The Morgan fingerprint density at radius 1 is 1.45 bits per heavy atom. The van der Waals surface area contributed by atoms with Gasteiger partial charge >= 0.3 is 0 Å². The van der Waals surface area contributed by atoms with E-state index in [1.807, 2.05) is 23.1 Å². The molecular weight excluding hydrogens is 268 g/mol. The van der Waals surface area contributed by atoms with Crippen molar-refractivity contribution in [2.24, 2.45) is 11.7 Å². The normalized spacial score (nSPS) is 23.2. The minimum absolute atomic E-state index is 0.125. The van der Waals surface area contributed by atoms with E-state index < -0.39 is 0 Å². The summed E-state index contributed by atoms with van der Waals surface area (Å²) < 4.78 is 1.23. The van der Waals surface area contributed by atoms with E-state index in [9.17, 15) is 4.79 Å².